The number of likely N-dealkylation sites (N-methyl/N-ethyl adjacent to an activating group) is 1. The van der Waals surface area contributed by atoms with Crippen molar-refractivity contribution >= 4 is 11.6 Å². The largest absolute Gasteiger partial charge is 0.465 e. The van der Waals surface area contributed by atoms with E-state index in [1.807, 2.05) is 51.9 Å². The molecule has 0 aliphatic heterocycles. The van der Waals surface area contributed by atoms with Crippen LogP contribution in [0, 0.1) is 20.8 Å². The maximum absolute atomic E-state index is 12.1. The van der Waals surface area contributed by atoms with E-state index in [0.29, 0.717) is 13.1 Å². The molecule has 2 aromatic rings. The Morgan fingerprint density at radius 1 is 1.38 bits per heavy atom. The van der Waals surface area contributed by atoms with Crippen LogP contribution in [0.1, 0.15) is 22.9 Å². The lowest BCUT2D eigenvalue weighted by Crippen LogP contribution is -2.30. The number of hydrogen-bond acceptors (Lipinski definition) is 4. The summed E-state index contributed by atoms with van der Waals surface area (Å²) in [6.07, 6.45) is 0. The molecule has 6 nitrogen and oxygen atoms in total. The van der Waals surface area contributed by atoms with E-state index in [1.165, 1.54) is 0 Å². The van der Waals surface area contributed by atoms with E-state index < -0.39 is 0 Å². The Kier molecular flexibility index (Phi) is 4.47. The van der Waals surface area contributed by atoms with Crippen LogP contribution >= 0.6 is 0 Å². The van der Waals surface area contributed by atoms with Gasteiger partial charge in [-0.3, -0.25) is 14.4 Å². The van der Waals surface area contributed by atoms with Gasteiger partial charge in [0.2, 0.25) is 5.91 Å². The van der Waals surface area contributed by atoms with Crippen molar-refractivity contribution < 1.29 is 9.21 Å². The number of anilines is 1. The highest BCUT2D eigenvalue weighted by atomic mass is 16.3. The summed E-state index contributed by atoms with van der Waals surface area (Å²) < 4.78 is 7.27. The van der Waals surface area contributed by atoms with E-state index in [-0.39, 0.29) is 5.91 Å². The number of nitrogens with one attached hydrogen (secondary N) is 1. The zero-order valence-corrected chi connectivity index (χ0v) is 13.2. The van der Waals surface area contributed by atoms with E-state index in [9.17, 15) is 4.79 Å². The summed E-state index contributed by atoms with van der Waals surface area (Å²) in [5, 5.41) is 7.21. The molecular weight excluding hydrogens is 268 g/mol. The van der Waals surface area contributed by atoms with E-state index in [1.54, 1.807) is 4.68 Å². The van der Waals surface area contributed by atoms with Crippen LogP contribution in [0.3, 0.4) is 0 Å². The molecule has 1 N–H and O–H groups in total. The van der Waals surface area contributed by atoms with Gasteiger partial charge in [-0.1, -0.05) is 0 Å². The van der Waals surface area contributed by atoms with Crippen molar-refractivity contribution in [3.05, 3.63) is 35.0 Å². The second-order valence-corrected chi connectivity index (χ2v) is 5.40. The van der Waals surface area contributed by atoms with Crippen LogP contribution < -0.4 is 5.32 Å². The smallest absolute Gasteiger partial charge is 0.238 e. The summed E-state index contributed by atoms with van der Waals surface area (Å²) in [6, 6.07) is 3.85. The predicted molar refractivity (Wildman–Crippen MR) is 81.1 cm³/mol. The van der Waals surface area contributed by atoms with Crippen LogP contribution in [0.25, 0.3) is 0 Å². The van der Waals surface area contributed by atoms with Crippen LogP contribution in [0.2, 0.25) is 0 Å². The molecule has 2 aromatic heterocycles. The first-order valence-corrected chi connectivity index (χ1v) is 6.90. The number of aryl methyl sites for hydroxylation is 3. The lowest BCUT2D eigenvalue weighted by Gasteiger charge is -2.15. The van der Waals surface area contributed by atoms with Gasteiger partial charge in [0, 0.05) is 7.05 Å². The van der Waals surface area contributed by atoms with Gasteiger partial charge in [-0.2, -0.15) is 5.10 Å². The van der Waals surface area contributed by atoms with E-state index >= 15 is 0 Å². The Balaban J connectivity index is 1.92. The molecule has 2 rings (SSSR count). The first-order valence-electron chi connectivity index (χ1n) is 6.90. The van der Waals surface area contributed by atoms with Gasteiger partial charge in [-0.05, 0) is 40.0 Å². The Labute approximate surface area is 124 Å². The molecule has 6 heteroatoms. The maximum atomic E-state index is 12.1. The summed E-state index contributed by atoms with van der Waals surface area (Å²) in [5.74, 6) is 1.68. The molecular formula is C15H22N4O2. The molecule has 0 aromatic carbocycles. The highest BCUT2D eigenvalue weighted by Crippen LogP contribution is 2.18. The SMILES string of the molecule is Cc1ccc(CN(C)CC(=O)Nc2c(C)nn(C)c2C)o1. The Morgan fingerprint density at radius 2 is 2.10 bits per heavy atom. The summed E-state index contributed by atoms with van der Waals surface area (Å²) in [5.41, 5.74) is 2.57. The lowest BCUT2D eigenvalue weighted by molar-refractivity contribution is -0.117. The Morgan fingerprint density at radius 3 is 2.62 bits per heavy atom. The normalized spacial score (nSPS) is 11.1. The van der Waals surface area contributed by atoms with Gasteiger partial charge in [0.1, 0.15) is 11.5 Å². The van der Waals surface area contributed by atoms with Gasteiger partial charge < -0.3 is 9.73 Å². The third-order valence-corrected chi connectivity index (χ3v) is 3.41. The molecule has 0 unspecified atom stereocenters. The number of furan rings is 1. The molecule has 0 aliphatic rings. The highest BCUT2D eigenvalue weighted by molar-refractivity contribution is 5.93. The quantitative estimate of drug-likeness (QED) is 0.915. The monoisotopic (exact) mass is 290 g/mol. The summed E-state index contributed by atoms with van der Waals surface area (Å²) in [4.78, 5) is 14.0. The van der Waals surface area contributed by atoms with Gasteiger partial charge in [0.15, 0.2) is 0 Å². The van der Waals surface area contributed by atoms with Crippen LogP contribution in [0.15, 0.2) is 16.5 Å². The summed E-state index contributed by atoms with van der Waals surface area (Å²) in [6.45, 7) is 6.63. The van der Waals surface area contributed by atoms with Gasteiger partial charge in [0.05, 0.1) is 30.2 Å². The Bertz CT molecular complexity index is 642. The molecule has 0 saturated heterocycles. The Hall–Kier alpha value is -2.08. The average molecular weight is 290 g/mol. The van der Waals surface area contributed by atoms with Crippen LogP contribution in [0.4, 0.5) is 5.69 Å². The highest BCUT2D eigenvalue weighted by Gasteiger charge is 2.14. The predicted octanol–water partition coefficient (Wildman–Crippen LogP) is 2.01. The van der Waals surface area contributed by atoms with E-state index in [0.717, 1.165) is 28.6 Å². The fourth-order valence-corrected chi connectivity index (χ4v) is 2.27. The van der Waals surface area contributed by atoms with Crippen molar-refractivity contribution in [1.29, 1.82) is 0 Å². The molecule has 21 heavy (non-hydrogen) atoms. The van der Waals surface area contributed by atoms with Crippen molar-refractivity contribution in [2.24, 2.45) is 7.05 Å². The van der Waals surface area contributed by atoms with Crippen LogP contribution in [0.5, 0.6) is 0 Å². The van der Waals surface area contributed by atoms with Gasteiger partial charge in [-0.25, -0.2) is 0 Å². The molecule has 114 valence electrons. The molecule has 0 saturated carbocycles. The van der Waals surface area contributed by atoms with E-state index in [2.05, 4.69) is 10.4 Å². The second-order valence-electron chi connectivity index (χ2n) is 5.40. The number of amides is 1. The third-order valence-electron chi connectivity index (χ3n) is 3.41. The number of nitrogens with zero attached hydrogens (tertiary/aromatic N) is 3. The minimum atomic E-state index is -0.0556. The zero-order chi connectivity index (χ0) is 15.6. The minimum absolute atomic E-state index is 0.0556. The fraction of sp³-hybridized carbons (Fsp3) is 0.467. The fourth-order valence-electron chi connectivity index (χ4n) is 2.27. The molecule has 0 radical (unpaired) electrons. The number of hydrogen-bond donors (Lipinski definition) is 1. The lowest BCUT2D eigenvalue weighted by atomic mass is 10.3. The number of aromatic nitrogens is 2. The third kappa shape index (κ3) is 3.72. The summed E-state index contributed by atoms with van der Waals surface area (Å²) in [7, 11) is 3.75. The van der Waals surface area contributed by atoms with Crippen molar-refractivity contribution in [3.8, 4) is 0 Å². The molecule has 2 heterocycles. The first-order chi connectivity index (χ1) is 9.86. The van der Waals surface area contributed by atoms with E-state index in [4.69, 9.17) is 4.42 Å². The number of carbonyl (C=O) groups excluding carboxylic acids is 1. The van der Waals surface area contributed by atoms with Crippen molar-refractivity contribution in [2.45, 2.75) is 27.3 Å². The standard InChI is InChI=1S/C15H22N4O2/c1-10-6-7-13(21-10)8-18(4)9-14(20)16-15-11(2)17-19(5)12(15)3/h6-7H,8-9H2,1-5H3,(H,16,20). The molecule has 0 aliphatic carbocycles. The van der Waals surface area contributed by atoms with Crippen LogP contribution in [-0.2, 0) is 18.4 Å². The minimum Gasteiger partial charge on any atom is -0.465 e. The second kappa shape index (κ2) is 6.13. The van der Waals surface area contributed by atoms with Gasteiger partial charge in [0.25, 0.3) is 0 Å². The summed E-state index contributed by atoms with van der Waals surface area (Å²) >= 11 is 0. The maximum Gasteiger partial charge on any atom is 0.238 e. The van der Waals surface area contributed by atoms with Gasteiger partial charge >= 0.3 is 0 Å². The van der Waals surface area contributed by atoms with Crippen LogP contribution in [-0.4, -0.2) is 34.2 Å². The number of carbonyl (C=O) groups is 1. The molecule has 1 amide bonds. The van der Waals surface area contributed by atoms with Gasteiger partial charge in [-0.15, -0.1) is 0 Å². The average Bonchev–Trinajstić information content (AvgIpc) is 2.88. The van der Waals surface area contributed by atoms with Crippen molar-refractivity contribution in [2.75, 3.05) is 18.9 Å². The first kappa shape index (κ1) is 15.3. The zero-order valence-electron chi connectivity index (χ0n) is 13.2. The molecule has 0 bridgehead atoms. The molecule has 0 atom stereocenters. The van der Waals surface area contributed by atoms with Crippen molar-refractivity contribution in [1.82, 2.24) is 14.7 Å². The molecule has 0 fully saturated rings. The topological polar surface area (TPSA) is 63.3 Å². The number of rotatable bonds is 5. The molecule has 0 spiro atoms. The van der Waals surface area contributed by atoms with Crippen molar-refractivity contribution in [3.63, 3.8) is 0 Å².